The van der Waals surface area contributed by atoms with Crippen molar-refractivity contribution in [3.63, 3.8) is 0 Å². The molecule has 1 aromatic carbocycles. The molecule has 4 fully saturated rings. The molecule has 3 aliphatic carbocycles. The summed E-state index contributed by atoms with van der Waals surface area (Å²) in [7, 11) is -3.68. The van der Waals surface area contributed by atoms with E-state index in [1.54, 1.807) is 6.92 Å². The first-order valence-electron chi connectivity index (χ1n) is 21.2. The molecule has 1 aliphatic heterocycles. The Bertz CT molecular complexity index is 2180. The quantitative estimate of drug-likeness (QED) is 0.0780. The Morgan fingerprint density at radius 3 is 2.09 bits per heavy atom. The van der Waals surface area contributed by atoms with Crippen LogP contribution in [-0.4, -0.2) is 82.5 Å². The van der Waals surface area contributed by atoms with Crippen molar-refractivity contribution in [3.05, 3.63) is 39.8 Å². The molecule has 4 aliphatic rings. The highest BCUT2D eigenvalue weighted by atomic mass is 32.2. The highest BCUT2D eigenvalue weighted by Gasteiger charge is 2.54. The van der Waals surface area contributed by atoms with Crippen LogP contribution in [0.5, 0.6) is 0 Å². The summed E-state index contributed by atoms with van der Waals surface area (Å²) in [6.45, 7) is 10.1. The molecule has 15 nitrogen and oxygen atoms in total. The molecule has 1 unspecified atom stereocenters. The first kappa shape index (κ1) is 59.9. The van der Waals surface area contributed by atoms with Crippen LogP contribution in [-0.2, 0) is 30.3 Å². The molecule has 3 saturated carbocycles. The Morgan fingerprint density at radius 1 is 1.06 bits per heavy atom. The molecular formula is C46H63F4N7O8S. The number of unbranched alkanes of at least 4 members (excludes halogenated alkanes) is 1. The average Bonchev–Trinajstić information content (AvgIpc) is 4.20. The lowest BCUT2D eigenvalue weighted by molar-refractivity contribution is -0.137. The third kappa shape index (κ3) is 19.2. The number of fused-ring (bicyclic) bond motifs is 1. The van der Waals surface area contributed by atoms with E-state index in [0.29, 0.717) is 36.9 Å². The molecule has 6 N–H and O–H groups in total. The Hall–Kier alpha value is -6.12. The number of sulfonamides is 1. The fourth-order valence-corrected chi connectivity index (χ4v) is 7.78. The summed E-state index contributed by atoms with van der Waals surface area (Å²) in [5, 5.41) is 19.2. The van der Waals surface area contributed by atoms with Gasteiger partial charge < -0.3 is 26.0 Å². The van der Waals surface area contributed by atoms with Gasteiger partial charge in [0.25, 0.3) is 11.5 Å². The fourth-order valence-electron chi connectivity index (χ4n) is 6.48. The first-order chi connectivity index (χ1) is 31.0. The maximum Gasteiger partial charge on any atom is 0.405 e. The van der Waals surface area contributed by atoms with Crippen molar-refractivity contribution >= 4 is 44.9 Å². The minimum atomic E-state index is -3.68. The van der Waals surface area contributed by atoms with Gasteiger partial charge in [-0.15, -0.1) is 38.5 Å². The molecule has 0 bridgehead atoms. The number of halogens is 4. The van der Waals surface area contributed by atoms with Crippen LogP contribution in [0, 0.1) is 79.5 Å². The minimum Gasteiger partial charge on any atom is -0.465 e. The standard InChI is InChI=1S/C17H17F2N3O.C10H17N3O4.C9H13F2NO3S.C4H10.3C2H2/c18-17(19,8-2-1-3-11-4-5-11)15-16(23)22-14-9-12(10-20)6-7-13(14)21-15;1-2-6-3-4-13(8(6)9(11)15)7(14)5-12-10(16)17;1-9(2-3-9)16(14,15)12-8(13)6-4-5(6)7(10)11;1-4(2)3;3*1-2/h6-7,9,11H,1-5,8H2,(H,22,23);6,8,12H,2-5H2,1H3,(H2,11,15)(H,16,17);5-7H,2-4H2,1H3,(H,12,13);4H,1-3H3;3*1-2H/t;6-,8+;5?,6-;;;;/m.10..../s1. The third-order valence-corrected chi connectivity index (χ3v) is 12.8. The number of nitrogens with zero attached hydrogens (tertiary/aromatic N) is 3. The topological polar surface area (TPSA) is 246 Å². The molecular weight excluding hydrogens is 887 g/mol. The Balaban J connectivity index is 0.000000886. The van der Waals surface area contributed by atoms with Gasteiger partial charge in [-0.3, -0.25) is 23.9 Å². The van der Waals surface area contributed by atoms with Crippen LogP contribution in [0.2, 0.25) is 0 Å². The number of benzene rings is 1. The van der Waals surface area contributed by atoms with Gasteiger partial charge in [-0.25, -0.2) is 27.0 Å². The number of amides is 4. The van der Waals surface area contributed by atoms with E-state index >= 15 is 0 Å². The molecule has 364 valence electrons. The van der Waals surface area contributed by atoms with E-state index in [1.165, 1.54) is 35.9 Å². The van der Waals surface area contributed by atoms with Crippen molar-refractivity contribution < 1.29 is 50.3 Å². The van der Waals surface area contributed by atoms with E-state index in [1.807, 2.05) is 23.0 Å². The first-order valence-corrected chi connectivity index (χ1v) is 22.7. The summed E-state index contributed by atoms with van der Waals surface area (Å²) in [4.78, 5) is 64.3. The predicted octanol–water partition coefficient (Wildman–Crippen LogP) is 6.52. The monoisotopic (exact) mass is 949 g/mol. The summed E-state index contributed by atoms with van der Waals surface area (Å²) in [5.41, 5.74) is 4.55. The SMILES string of the molecule is C#C.C#C.C#C.CC(C)C.CC1(S(=O)(=O)NC(=O)[C@H]2CC2C(F)F)CC1.CC[C@@H]1CCN(C(=O)CNC(=O)O)[C@@H]1C(N)=O.N#Cc1ccc2nc(C(F)(F)CCCCC3CC3)c(=O)[nH]c2c1. The second kappa shape index (κ2) is 28.0. The molecule has 0 radical (unpaired) electrons. The number of carboxylic acid groups (broad SMARTS) is 1. The van der Waals surface area contributed by atoms with E-state index < -0.39 is 80.1 Å². The molecule has 4 atom stereocenters. The number of hydrogen-bond acceptors (Lipinski definition) is 9. The van der Waals surface area contributed by atoms with Gasteiger partial charge in [0, 0.05) is 24.8 Å². The zero-order chi connectivity index (χ0) is 51.2. The number of carbonyl (C=O) groups excluding carboxylic acids is 3. The van der Waals surface area contributed by atoms with Gasteiger partial charge in [0.1, 0.15) is 12.6 Å². The van der Waals surface area contributed by atoms with Gasteiger partial charge in [-0.1, -0.05) is 59.8 Å². The Labute approximate surface area is 385 Å². The fraction of sp³-hybridized carbons (Fsp3) is 0.587. The van der Waals surface area contributed by atoms with Crippen LogP contribution in [0.3, 0.4) is 0 Å². The highest BCUT2D eigenvalue weighted by molar-refractivity contribution is 7.91. The number of alkyl halides is 4. The van der Waals surface area contributed by atoms with Crippen LogP contribution in [0.15, 0.2) is 23.0 Å². The van der Waals surface area contributed by atoms with Gasteiger partial charge in [-0.05, 0) is 75.0 Å². The number of nitrogens with two attached hydrogens (primary N) is 1. The molecule has 2 aromatic rings. The second-order valence-corrected chi connectivity index (χ2v) is 18.9. The zero-order valence-electron chi connectivity index (χ0n) is 38.1. The second-order valence-electron chi connectivity index (χ2n) is 16.7. The van der Waals surface area contributed by atoms with Crippen molar-refractivity contribution in [2.24, 2.45) is 35.3 Å². The molecule has 6 rings (SSSR count). The van der Waals surface area contributed by atoms with Crippen molar-refractivity contribution in [2.45, 2.75) is 128 Å². The molecule has 0 spiro atoms. The van der Waals surface area contributed by atoms with Gasteiger partial charge >= 0.3 is 6.09 Å². The average molecular weight is 950 g/mol. The number of primary amides is 1. The van der Waals surface area contributed by atoms with E-state index in [9.17, 15) is 50.0 Å². The molecule has 4 amide bonds. The van der Waals surface area contributed by atoms with Gasteiger partial charge in [0.15, 0.2) is 5.69 Å². The summed E-state index contributed by atoms with van der Waals surface area (Å²) in [6.07, 6.45) is 27.0. The van der Waals surface area contributed by atoms with Gasteiger partial charge in [-0.2, -0.15) is 14.0 Å². The summed E-state index contributed by atoms with van der Waals surface area (Å²) >= 11 is 0. The summed E-state index contributed by atoms with van der Waals surface area (Å²) in [5.74, 6) is -5.14. The van der Waals surface area contributed by atoms with E-state index in [4.69, 9.17) is 16.1 Å². The van der Waals surface area contributed by atoms with Crippen molar-refractivity contribution in [1.29, 1.82) is 5.26 Å². The van der Waals surface area contributed by atoms with E-state index in [-0.39, 0.29) is 30.8 Å². The Kier molecular flexibility index (Phi) is 25.4. The summed E-state index contributed by atoms with van der Waals surface area (Å²) in [6, 6.07) is 5.72. The number of terminal acetylenes is 3. The largest absolute Gasteiger partial charge is 0.465 e. The number of hydrogen-bond donors (Lipinski definition) is 5. The maximum atomic E-state index is 14.3. The smallest absolute Gasteiger partial charge is 0.405 e. The van der Waals surface area contributed by atoms with Gasteiger partial charge in [0.2, 0.25) is 34.2 Å². The lowest BCUT2D eigenvalue weighted by atomic mass is 9.97. The number of nitriles is 1. The Morgan fingerprint density at radius 2 is 1.64 bits per heavy atom. The predicted molar refractivity (Wildman–Crippen MR) is 244 cm³/mol. The maximum absolute atomic E-state index is 14.3. The zero-order valence-corrected chi connectivity index (χ0v) is 38.9. The van der Waals surface area contributed by atoms with Crippen LogP contribution in [0.4, 0.5) is 22.4 Å². The van der Waals surface area contributed by atoms with Crippen LogP contribution < -0.4 is 21.3 Å². The number of H-pyrrole nitrogens is 1. The molecule has 1 saturated heterocycles. The van der Waals surface area contributed by atoms with E-state index in [2.05, 4.69) is 69.3 Å². The van der Waals surface area contributed by atoms with Crippen molar-refractivity contribution in [1.82, 2.24) is 24.9 Å². The van der Waals surface area contributed by atoms with Crippen LogP contribution >= 0.6 is 0 Å². The lowest BCUT2D eigenvalue weighted by Crippen LogP contribution is -2.49. The van der Waals surface area contributed by atoms with Crippen molar-refractivity contribution in [2.75, 3.05) is 13.1 Å². The van der Waals surface area contributed by atoms with Crippen LogP contribution in [0.25, 0.3) is 11.0 Å². The third-order valence-electron chi connectivity index (χ3n) is 10.6. The highest BCUT2D eigenvalue weighted by Crippen LogP contribution is 2.45. The van der Waals surface area contributed by atoms with Crippen molar-refractivity contribution in [3.8, 4) is 44.6 Å². The number of carbonyl (C=O) groups is 4. The molecule has 1 aromatic heterocycles. The van der Waals surface area contributed by atoms with Crippen LogP contribution in [0.1, 0.15) is 117 Å². The lowest BCUT2D eigenvalue weighted by Gasteiger charge is -2.25. The molecule has 2 heterocycles. The summed E-state index contributed by atoms with van der Waals surface area (Å²) < 4.78 is 77.2. The number of rotatable bonds is 14. The number of nitrogens with one attached hydrogen (secondary N) is 3. The number of aromatic amines is 1. The van der Waals surface area contributed by atoms with E-state index in [0.717, 1.165) is 37.5 Å². The molecule has 66 heavy (non-hydrogen) atoms. The number of aromatic nitrogens is 2. The molecule has 20 heteroatoms. The normalized spacial score (nSPS) is 19.4. The minimum absolute atomic E-state index is 0.0706. The number of likely N-dealkylation sites (tertiary alicyclic amines) is 1. The van der Waals surface area contributed by atoms with Gasteiger partial charge in [0.05, 0.1) is 27.4 Å².